The molecule has 2 aliphatic carbocycles. The Balaban J connectivity index is 1.35. The van der Waals surface area contributed by atoms with E-state index in [1.165, 1.54) is 77.9 Å². The molecule has 0 aromatic heterocycles. The Morgan fingerprint density at radius 3 is 1.04 bits per heavy atom. The summed E-state index contributed by atoms with van der Waals surface area (Å²) < 4.78 is 0. The van der Waals surface area contributed by atoms with E-state index >= 15 is 0 Å². The first-order valence-corrected chi connectivity index (χ1v) is 19.9. The van der Waals surface area contributed by atoms with Crippen molar-refractivity contribution >= 4 is 29.6 Å². The molecule has 0 spiro atoms. The highest BCUT2D eigenvalue weighted by molar-refractivity contribution is 7.01. The molecule has 0 bridgehead atoms. The van der Waals surface area contributed by atoms with Crippen LogP contribution in [0.5, 0.6) is 0 Å². The molecule has 6 aromatic rings. The van der Waals surface area contributed by atoms with E-state index in [2.05, 4.69) is 173 Å². The van der Waals surface area contributed by atoms with Crippen LogP contribution in [0.25, 0.3) is 33.4 Å². The molecule has 0 saturated carbocycles. The number of hydrogen-bond acceptors (Lipinski definition) is 0. The zero-order valence-corrected chi connectivity index (χ0v) is 28.8. The summed E-state index contributed by atoms with van der Waals surface area (Å²) in [6.07, 6.45) is 2.01. The van der Waals surface area contributed by atoms with Gasteiger partial charge in [-0.05, 0) is 93.5 Å². The predicted octanol–water partition coefficient (Wildman–Crippen LogP) is 10.6. The van der Waals surface area contributed by atoms with Gasteiger partial charge in [-0.3, -0.25) is 0 Å². The average Bonchev–Trinajstić information content (AvgIpc) is 3.64. The first kappa shape index (κ1) is 29.4. The summed E-state index contributed by atoms with van der Waals surface area (Å²) in [6, 6.07) is 53.9. The van der Waals surface area contributed by atoms with E-state index in [-0.39, 0.29) is 0 Å². The van der Waals surface area contributed by atoms with Crippen LogP contribution in [0.3, 0.4) is 0 Å². The number of rotatable bonds is 6. The largest absolute Gasteiger partial charge is 0.113 e. The Bertz CT molecular complexity index is 2030. The Kier molecular flexibility index (Phi) is 7.31. The lowest BCUT2D eigenvalue weighted by Crippen LogP contribution is -2.55. The molecule has 0 N–H and O–H groups in total. The van der Waals surface area contributed by atoms with Crippen LogP contribution in [0.4, 0.5) is 0 Å². The molecule has 47 heavy (non-hydrogen) atoms. The van der Waals surface area contributed by atoms with Crippen molar-refractivity contribution in [3.63, 3.8) is 0 Å². The molecule has 0 fully saturated rings. The van der Waals surface area contributed by atoms with Crippen LogP contribution >= 0.6 is 0 Å². The van der Waals surface area contributed by atoms with Crippen molar-refractivity contribution in [3.05, 3.63) is 190 Å². The van der Waals surface area contributed by atoms with Crippen molar-refractivity contribution in [1.29, 1.82) is 0 Å². The van der Waals surface area contributed by atoms with E-state index in [4.69, 9.17) is 0 Å². The summed E-state index contributed by atoms with van der Waals surface area (Å²) in [4.78, 5) is 0. The maximum Gasteiger partial charge on any atom is 0.113 e. The predicted molar refractivity (Wildman–Crippen MR) is 204 cm³/mol. The third-order valence-corrected chi connectivity index (χ3v) is 14.1. The monoisotopic (exact) mass is 620 g/mol. The second-order valence-corrected chi connectivity index (χ2v) is 18.1. The van der Waals surface area contributed by atoms with Gasteiger partial charge in [0.15, 0.2) is 0 Å². The number of allylic oxidation sites excluding steroid dienone is 2. The first-order chi connectivity index (χ1) is 22.9. The summed E-state index contributed by atoms with van der Waals surface area (Å²) >= 11 is 0. The number of benzene rings is 6. The van der Waals surface area contributed by atoms with Crippen molar-refractivity contribution in [2.45, 2.75) is 39.8 Å². The van der Waals surface area contributed by atoms with Crippen LogP contribution < -0.4 is 10.4 Å². The Morgan fingerprint density at radius 1 is 0.383 bits per heavy atom. The van der Waals surface area contributed by atoms with Gasteiger partial charge in [0.25, 0.3) is 0 Å². The summed E-state index contributed by atoms with van der Waals surface area (Å²) in [6.45, 7) is 9.88. The average molecular weight is 621 g/mol. The van der Waals surface area contributed by atoms with E-state index in [0.29, 0.717) is 0 Å². The van der Waals surface area contributed by atoms with Crippen LogP contribution in [0.15, 0.2) is 157 Å². The van der Waals surface area contributed by atoms with Crippen LogP contribution in [0, 0.1) is 0 Å². The molecule has 0 heterocycles. The van der Waals surface area contributed by atoms with Crippen LogP contribution in [0.1, 0.15) is 47.2 Å². The van der Waals surface area contributed by atoms with Gasteiger partial charge < -0.3 is 0 Å². The molecule has 0 radical (unpaired) electrons. The molecule has 8 rings (SSSR count). The molecule has 0 aliphatic heterocycles. The van der Waals surface area contributed by atoms with E-state index < -0.39 is 8.07 Å². The minimum atomic E-state index is -2.19. The molecule has 6 aromatic carbocycles. The molecule has 228 valence electrons. The molecule has 0 unspecified atom stereocenters. The highest BCUT2D eigenvalue weighted by atomic mass is 28.3. The van der Waals surface area contributed by atoms with E-state index in [9.17, 15) is 0 Å². The second-order valence-electron chi connectivity index (χ2n) is 13.8. The normalized spacial score (nSPS) is 14.0. The van der Waals surface area contributed by atoms with Gasteiger partial charge >= 0.3 is 0 Å². The van der Waals surface area contributed by atoms with Crippen LogP contribution in [-0.2, 0) is 12.8 Å². The van der Waals surface area contributed by atoms with E-state index in [1.54, 1.807) is 10.4 Å². The van der Waals surface area contributed by atoms with Gasteiger partial charge in [0.05, 0.1) is 0 Å². The lowest BCUT2D eigenvalue weighted by molar-refractivity contribution is 1.20. The molecule has 0 saturated heterocycles. The Labute approximate surface area is 280 Å². The van der Waals surface area contributed by atoms with Crippen molar-refractivity contribution in [2.24, 2.45) is 0 Å². The second kappa shape index (κ2) is 11.7. The highest BCUT2D eigenvalue weighted by Gasteiger charge is 2.38. The van der Waals surface area contributed by atoms with Gasteiger partial charge in [-0.25, -0.2) is 0 Å². The van der Waals surface area contributed by atoms with Crippen molar-refractivity contribution in [3.8, 4) is 22.3 Å². The quantitative estimate of drug-likeness (QED) is 0.163. The van der Waals surface area contributed by atoms with E-state index in [1.807, 2.05) is 0 Å². The maximum absolute atomic E-state index is 2.59. The fourth-order valence-electron chi connectivity index (χ4n) is 8.39. The third-order valence-electron chi connectivity index (χ3n) is 10.5. The lowest BCUT2D eigenvalue weighted by Gasteiger charge is -2.31. The van der Waals surface area contributed by atoms with E-state index in [0.717, 1.165) is 12.8 Å². The molecular weight excluding hydrogens is 581 g/mol. The minimum absolute atomic E-state index is 1.00. The van der Waals surface area contributed by atoms with Crippen LogP contribution in [0.2, 0.25) is 13.1 Å². The smallest absolute Gasteiger partial charge is 0.0622 e. The minimum Gasteiger partial charge on any atom is -0.0622 e. The SMILES string of the molecule is CC1=C(c2ccccc2)c2c(-c3ccccc3)ccc([Si](C)(C)c3ccc(-c4ccccc4)c4c3CC(C)=C4c3ccccc3)c2C1. The van der Waals surface area contributed by atoms with Gasteiger partial charge in [-0.2, -0.15) is 0 Å². The Morgan fingerprint density at radius 2 is 0.702 bits per heavy atom. The van der Waals surface area contributed by atoms with Crippen molar-refractivity contribution in [1.82, 2.24) is 0 Å². The zero-order chi connectivity index (χ0) is 32.1. The summed E-state index contributed by atoms with van der Waals surface area (Å²) in [5.41, 5.74) is 19.6. The number of hydrogen-bond donors (Lipinski definition) is 0. The fraction of sp³-hybridized carbons (Fsp3) is 0.130. The van der Waals surface area contributed by atoms with Gasteiger partial charge in [0, 0.05) is 0 Å². The van der Waals surface area contributed by atoms with Gasteiger partial charge in [-0.1, -0.05) is 180 Å². The zero-order valence-electron chi connectivity index (χ0n) is 27.8. The number of fused-ring (bicyclic) bond motifs is 2. The first-order valence-electron chi connectivity index (χ1n) is 16.9. The van der Waals surface area contributed by atoms with Gasteiger partial charge in [0.2, 0.25) is 0 Å². The van der Waals surface area contributed by atoms with Crippen molar-refractivity contribution in [2.75, 3.05) is 0 Å². The lowest BCUT2D eigenvalue weighted by atomic mass is 9.90. The molecule has 2 aliphatic rings. The standard InChI is InChI=1S/C46H40Si/c1-31-29-39-41(27-25-37(33-17-9-5-10-18-33)45(39)43(31)35-21-13-7-14-22-35)47(3,4)42-28-26-38(34-19-11-6-12-20-34)46-40(42)30-32(2)44(46)36-23-15-8-16-24-36/h5-28H,29-30H2,1-4H3. The maximum atomic E-state index is 2.59. The summed E-state index contributed by atoms with van der Waals surface area (Å²) in [7, 11) is -2.19. The molecule has 0 nitrogen and oxygen atoms in total. The molecular formula is C46H40Si. The molecule has 1 heteroatoms. The van der Waals surface area contributed by atoms with Crippen LogP contribution in [-0.4, -0.2) is 8.07 Å². The molecule has 0 atom stereocenters. The molecule has 0 amide bonds. The topological polar surface area (TPSA) is 0 Å². The summed E-state index contributed by atoms with van der Waals surface area (Å²) in [5, 5.41) is 3.14. The highest BCUT2D eigenvalue weighted by Crippen LogP contribution is 2.45. The third kappa shape index (κ3) is 4.89. The van der Waals surface area contributed by atoms with Gasteiger partial charge in [-0.15, -0.1) is 0 Å². The summed E-state index contributed by atoms with van der Waals surface area (Å²) in [5.74, 6) is 0. The van der Waals surface area contributed by atoms with Gasteiger partial charge in [0.1, 0.15) is 8.07 Å². The fourth-order valence-corrected chi connectivity index (χ4v) is 11.6. The Hall–Kier alpha value is -4.98. The van der Waals surface area contributed by atoms with Crippen molar-refractivity contribution < 1.29 is 0 Å².